The number of carbonyl (C=O) groups excluding carboxylic acids is 2. The first-order valence-corrected chi connectivity index (χ1v) is 9.93. The summed E-state index contributed by atoms with van der Waals surface area (Å²) in [6.07, 6.45) is 4.04. The van der Waals surface area contributed by atoms with E-state index in [1.54, 1.807) is 36.3 Å². The molecule has 0 radical (unpaired) electrons. The van der Waals surface area contributed by atoms with Gasteiger partial charge in [-0.1, -0.05) is 30.8 Å². The molecule has 4 rings (SSSR count). The fourth-order valence-corrected chi connectivity index (χ4v) is 4.27. The second kappa shape index (κ2) is 7.86. The Hall–Kier alpha value is -3.12. The van der Waals surface area contributed by atoms with Gasteiger partial charge in [0, 0.05) is 40.0 Å². The van der Waals surface area contributed by atoms with Crippen LogP contribution in [0.5, 0.6) is 0 Å². The van der Waals surface area contributed by atoms with E-state index >= 15 is 0 Å². The number of fused-ring (bicyclic) bond motifs is 2. The molecule has 0 fully saturated rings. The van der Waals surface area contributed by atoms with Crippen LogP contribution < -0.4 is 10.2 Å². The molecular weight excluding hydrogens is 370 g/mol. The Kier molecular flexibility index (Phi) is 5.12. The van der Waals surface area contributed by atoms with E-state index in [2.05, 4.69) is 17.2 Å². The molecule has 1 aliphatic rings. The van der Waals surface area contributed by atoms with Crippen molar-refractivity contribution in [2.24, 2.45) is 0 Å². The van der Waals surface area contributed by atoms with Gasteiger partial charge in [0.2, 0.25) is 0 Å². The van der Waals surface area contributed by atoms with Crippen molar-refractivity contribution < 1.29 is 9.59 Å². The van der Waals surface area contributed by atoms with Gasteiger partial charge >= 0.3 is 0 Å². The summed E-state index contributed by atoms with van der Waals surface area (Å²) in [6, 6.07) is 16.7. The first-order chi connectivity index (χ1) is 13.7. The summed E-state index contributed by atoms with van der Waals surface area (Å²) >= 11 is 1.55. The fraction of sp³-hybridized carbons (Fsp3) is 0.136. The molecule has 28 heavy (non-hydrogen) atoms. The number of hydrogen-bond donors (Lipinski definition) is 1. The zero-order chi connectivity index (χ0) is 19.5. The van der Waals surface area contributed by atoms with Crippen molar-refractivity contribution in [3.8, 4) is 0 Å². The lowest BCUT2D eigenvalue weighted by Gasteiger charge is -2.22. The second-order valence-electron chi connectivity index (χ2n) is 6.43. The number of rotatable bonds is 4. The van der Waals surface area contributed by atoms with Crippen molar-refractivity contribution >= 4 is 35.0 Å². The number of nitrogens with zero attached hydrogens (tertiary/aromatic N) is 2. The van der Waals surface area contributed by atoms with E-state index in [9.17, 15) is 9.59 Å². The number of benzene rings is 2. The molecule has 140 valence electrons. The topological polar surface area (TPSA) is 62.3 Å². The van der Waals surface area contributed by atoms with Crippen molar-refractivity contribution in [3.05, 3.63) is 78.1 Å². The lowest BCUT2D eigenvalue weighted by Crippen LogP contribution is -2.31. The Morgan fingerprint density at radius 2 is 1.86 bits per heavy atom. The van der Waals surface area contributed by atoms with Gasteiger partial charge in [0.15, 0.2) is 0 Å². The van der Waals surface area contributed by atoms with Gasteiger partial charge in [0.1, 0.15) is 0 Å². The summed E-state index contributed by atoms with van der Waals surface area (Å²) < 4.78 is 0. The van der Waals surface area contributed by atoms with E-state index < -0.39 is 0 Å². The van der Waals surface area contributed by atoms with E-state index in [1.807, 2.05) is 47.4 Å². The van der Waals surface area contributed by atoms with Crippen molar-refractivity contribution in [3.63, 3.8) is 0 Å². The fourth-order valence-electron chi connectivity index (χ4n) is 3.15. The number of hydrogen-bond acceptors (Lipinski definition) is 4. The third kappa shape index (κ3) is 3.51. The minimum Gasteiger partial charge on any atom is -0.322 e. The van der Waals surface area contributed by atoms with E-state index in [0.29, 0.717) is 23.4 Å². The normalized spacial score (nSPS) is 12.8. The van der Waals surface area contributed by atoms with Crippen LogP contribution in [0.25, 0.3) is 0 Å². The Balaban J connectivity index is 1.71. The molecule has 0 saturated carbocycles. The first kappa shape index (κ1) is 18.3. The molecule has 0 spiro atoms. The number of nitrogens with one attached hydrogen (secondary N) is 1. The molecule has 0 unspecified atom stereocenters. The van der Waals surface area contributed by atoms with Crippen LogP contribution in [0.15, 0.2) is 76.8 Å². The zero-order valence-corrected chi connectivity index (χ0v) is 16.2. The molecule has 2 heterocycles. The molecule has 1 aliphatic heterocycles. The molecule has 0 bridgehead atoms. The Morgan fingerprint density at radius 3 is 2.64 bits per heavy atom. The molecule has 1 N–H and O–H groups in total. The number of aromatic nitrogens is 1. The number of anilines is 2. The molecule has 0 saturated heterocycles. The summed E-state index contributed by atoms with van der Waals surface area (Å²) in [5.41, 5.74) is 2.82. The molecule has 2 aromatic carbocycles. The van der Waals surface area contributed by atoms with Crippen molar-refractivity contribution in [2.45, 2.75) is 23.1 Å². The largest absolute Gasteiger partial charge is 0.322 e. The summed E-state index contributed by atoms with van der Waals surface area (Å²) in [7, 11) is 0. The smallest absolute Gasteiger partial charge is 0.259 e. The average Bonchev–Trinajstić information content (AvgIpc) is 2.84. The highest BCUT2D eigenvalue weighted by Gasteiger charge is 2.26. The van der Waals surface area contributed by atoms with E-state index in [1.165, 1.54) is 0 Å². The van der Waals surface area contributed by atoms with Gasteiger partial charge in [-0.25, -0.2) is 0 Å². The van der Waals surface area contributed by atoms with Crippen LogP contribution >= 0.6 is 11.8 Å². The highest BCUT2D eigenvalue weighted by molar-refractivity contribution is 7.99. The molecule has 6 heteroatoms. The van der Waals surface area contributed by atoms with Crippen LogP contribution in [-0.4, -0.2) is 23.3 Å². The zero-order valence-electron chi connectivity index (χ0n) is 15.4. The number of amides is 2. The highest BCUT2D eigenvalue weighted by Crippen LogP contribution is 2.42. The van der Waals surface area contributed by atoms with E-state index in [0.717, 1.165) is 21.9 Å². The third-order valence-corrected chi connectivity index (χ3v) is 5.60. The summed E-state index contributed by atoms with van der Waals surface area (Å²) in [4.78, 5) is 33.2. The summed E-state index contributed by atoms with van der Waals surface area (Å²) in [5, 5.41) is 2.93. The van der Waals surface area contributed by atoms with Crippen LogP contribution in [0, 0.1) is 0 Å². The van der Waals surface area contributed by atoms with Crippen molar-refractivity contribution in [1.82, 2.24) is 4.98 Å². The minimum atomic E-state index is -0.192. The molecule has 1 aromatic heterocycles. The lowest BCUT2D eigenvalue weighted by molar-refractivity contribution is 0.0982. The standard InChI is InChI=1S/C22H19N3O2S/c1-2-13-25-18-8-7-16(24-21(26)15-9-11-23-12-10-15)14-20(18)28-19-6-4-3-5-17(19)22(25)27/h3-12,14H,2,13H2,1H3,(H,24,26). The predicted molar refractivity (Wildman–Crippen MR) is 111 cm³/mol. The quantitative estimate of drug-likeness (QED) is 0.692. The lowest BCUT2D eigenvalue weighted by atomic mass is 10.1. The maximum atomic E-state index is 13.1. The number of pyridine rings is 1. The van der Waals surface area contributed by atoms with E-state index in [-0.39, 0.29) is 11.8 Å². The maximum Gasteiger partial charge on any atom is 0.259 e. The van der Waals surface area contributed by atoms with Gasteiger partial charge in [0.05, 0.1) is 11.3 Å². The summed E-state index contributed by atoms with van der Waals surface area (Å²) in [5.74, 6) is -0.180. The summed E-state index contributed by atoms with van der Waals surface area (Å²) in [6.45, 7) is 2.70. The SMILES string of the molecule is CCCN1C(=O)c2ccccc2Sc2cc(NC(=O)c3ccncc3)ccc21. The first-order valence-electron chi connectivity index (χ1n) is 9.11. The van der Waals surface area contributed by atoms with E-state index in [4.69, 9.17) is 0 Å². The minimum absolute atomic E-state index is 0.0114. The van der Waals surface area contributed by atoms with Gasteiger partial charge in [-0.3, -0.25) is 14.6 Å². The second-order valence-corrected chi connectivity index (χ2v) is 7.51. The van der Waals surface area contributed by atoms with Gasteiger partial charge < -0.3 is 10.2 Å². The molecule has 3 aromatic rings. The van der Waals surface area contributed by atoms with Crippen molar-refractivity contribution in [2.75, 3.05) is 16.8 Å². The van der Waals surface area contributed by atoms with Crippen LogP contribution in [0.3, 0.4) is 0 Å². The van der Waals surface area contributed by atoms with Gasteiger partial charge in [-0.15, -0.1) is 0 Å². The Labute approximate surface area is 167 Å². The predicted octanol–water partition coefficient (Wildman–Crippen LogP) is 4.86. The molecule has 0 atom stereocenters. The van der Waals surface area contributed by atoms with Crippen LogP contribution in [0.1, 0.15) is 34.1 Å². The number of carbonyl (C=O) groups is 2. The van der Waals surface area contributed by atoms with Gasteiger partial charge in [-0.2, -0.15) is 0 Å². The average molecular weight is 389 g/mol. The monoisotopic (exact) mass is 389 g/mol. The van der Waals surface area contributed by atoms with Gasteiger partial charge in [-0.05, 0) is 48.9 Å². The van der Waals surface area contributed by atoms with Gasteiger partial charge in [0.25, 0.3) is 11.8 Å². The molecule has 5 nitrogen and oxygen atoms in total. The molecule has 0 aliphatic carbocycles. The van der Waals surface area contributed by atoms with Crippen LogP contribution in [0.2, 0.25) is 0 Å². The highest BCUT2D eigenvalue weighted by atomic mass is 32.2. The van der Waals surface area contributed by atoms with Crippen LogP contribution in [0.4, 0.5) is 11.4 Å². The van der Waals surface area contributed by atoms with Crippen LogP contribution in [-0.2, 0) is 0 Å². The molecular formula is C22H19N3O2S. The molecule has 2 amide bonds. The Bertz CT molecular complexity index is 1040. The third-order valence-electron chi connectivity index (χ3n) is 4.48. The maximum absolute atomic E-state index is 13.1. The van der Waals surface area contributed by atoms with Crippen molar-refractivity contribution in [1.29, 1.82) is 0 Å². The Morgan fingerprint density at radius 1 is 1.07 bits per heavy atom.